The number of hydrogen-bond acceptors (Lipinski definition) is 3. The summed E-state index contributed by atoms with van der Waals surface area (Å²) in [6.45, 7) is 3.39. The van der Waals surface area contributed by atoms with Gasteiger partial charge in [0.05, 0.1) is 0 Å². The molecule has 0 aliphatic heterocycles. The zero-order valence-corrected chi connectivity index (χ0v) is 8.72. The summed E-state index contributed by atoms with van der Waals surface area (Å²) in [5.41, 5.74) is 14.7. The lowest BCUT2D eigenvalue weighted by Gasteiger charge is -2.18. The molecule has 1 unspecified atom stereocenters. The quantitative estimate of drug-likeness (QED) is 0.489. The van der Waals surface area contributed by atoms with Crippen LogP contribution in [0.2, 0.25) is 0 Å². The molecule has 0 aromatic carbocycles. The standard InChI is InChI=1S/C3H14N4O3P2/c1-3(2)7-12(6,9)10-11(4,5)8/h3H,1-2H3,(H4,4,5,8)(H3,6,7,9). The summed E-state index contributed by atoms with van der Waals surface area (Å²) in [6.07, 6.45) is 0. The van der Waals surface area contributed by atoms with Crippen molar-refractivity contribution in [3.05, 3.63) is 0 Å². The fourth-order valence-corrected chi connectivity index (χ4v) is 3.00. The Morgan fingerprint density at radius 3 is 1.92 bits per heavy atom. The Morgan fingerprint density at radius 2 is 1.67 bits per heavy atom. The van der Waals surface area contributed by atoms with Gasteiger partial charge in [-0.2, -0.15) is 0 Å². The van der Waals surface area contributed by atoms with Gasteiger partial charge in [-0.05, 0) is 13.8 Å². The van der Waals surface area contributed by atoms with Gasteiger partial charge in [0, 0.05) is 6.04 Å². The normalized spacial score (nSPS) is 17.8. The van der Waals surface area contributed by atoms with E-state index in [0.29, 0.717) is 0 Å². The zero-order chi connectivity index (χ0) is 9.99. The van der Waals surface area contributed by atoms with Crippen LogP contribution in [-0.2, 0) is 13.4 Å². The Labute approximate surface area is 71.1 Å². The Bertz CT molecular complexity index is 236. The van der Waals surface area contributed by atoms with E-state index in [1.54, 1.807) is 13.8 Å². The molecule has 0 aromatic rings. The van der Waals surface area contributed by atoms with Crippen molar-refractivity contribution in [1.82, 2.24) is 5.09 Å². The molecule has 0 amide bonds. The molecule has 0 aromatic heterocycles. The zero-order valence-electron chi connectivity index (χ0n) is 6.93. The highest BCUT2D eigenvalue weighted by Gasteiger charge is 2.25. The van der Waals surface area contributed by atoms with Crippen LogP contribution in [0.5, 0.6) is 0 Å². The molecule has 1 atom stereocenters. The minimum atomic E-state index is -3.79. The van der Waals surface area contributed by atoms with E-state index in [9.17, 15) is 9.13 Å². The molecule has 74 valence electrons. The lowest BCUT2D eigenvalue weighted by Crippen LogP contribution is -2.26. The Balaban J connectivity index is 4.25. The maximum absolute atomic E-state index is 11.2. The second-order valence-corrected chi connectivity index (χ2v) is 6.00. The molecule has 7 nitrogen and oxygen atoms in total. The van der Waals surface area contributed by atoms with Crippen molar-refractivity contribution < 1.29 is 13.4 Å². The van der Waals surface area contributed by atoms with E-state index >= 15 is 0 Å². The number of hydrogen-bond donors (Lipinski definition) is 4. The van der Waals surface area contributed by atoms with Crippen LogP contribution in [0.1, 0.15) is 13.8 Å². The highest BCUT2D eigenvalue weighted by molar-refractivity contribution is 7.67. The minimum Gasteiger partial charge on any atom is -0.256 e. The van der Waals surface area contributed by atoms with Gasteiger partial charge < -0.3 is 0 Å². The van der Waals surface area contributed by atoms with Crippen LogP contribution < -0.4 is 21.6 Å². The summed E-state index contributed by atoms with van der Waals surface area (Å²) < 4.78 is 26.1. The average molecular weight is 216 g/mol. The third kappa shape index (κ3) is 6.94. The second kappa shape index (κ2) is 3.98. The van der Waals surface area contributed by atoms with E-state index < -0.39 is 15.3 Å². The summed E-state index contributed by atoms with van der Waals surface area (Å²) in [4.78, 5) is 0. The first-order chi connectivity index (χ1) is 5.12. The summed E-state index contributed by atoms with van der Waals surface area (Å²) in [6, 6.07) is -0.174. The van der Waals surface area contributed by atoms with E-state index in [2.05, 4.69) is 9.40 Å². The molecular weight excluding hydrogens is 202 g/mol. The van der Waals surface area contributed by atoms with Gasteiger partial charge in [-0.25, -0.2) is 25.9 Å². The Kier molecular flexibility index (Phi) is 4.07. The molecule has 0 fully saturated rings. The number of nitrogens with one attached hydrogen (secondary N) is 1. The van der Waals surface area contributed by atoms with Crippen LogP contribution in [0.4, 0.5) is 0 Å². The second-order valence-electron chi connectivity index (χ2n) is 2.61. The molecule has 7 N–H and O–H groups in total. The smallest absolute Gasteiger partial charge is 0.256 e. The van der Waals surface area contributed by atoms with E-state index in [-0.39, 0.29) is 6.04 Å². The predicted octanol–water partition coefficient (Wildman–Crippen LogP) is 0.0933. The average Bonchev–Trinajstić information content (AvgIpc) is 1.48. The predicted molar refractivity (Wildman–Crippen MR) is 47.1 cm³/mol. The van der Waals surface area contributed by atoms with Gasteiger partial charge in [0.2, 0.25) is 0 Å². The lowest BCUT2D eigenvalue weighted by atomic mass is 10.4. The third-order valence-electron chi connectivity index (χ3n) is 0.687. The highest BCUT2D eigenvalue weighted by atomic mass is 31.3. The fourth-order valence-electron chi connectivity index (χ4n) is 0.573. The largest absolute Gasteiger partial charge is 0.345 e. The first kappa shape index (κ1) is 12.3. The van der Waals surface area contributed by atoms with Crippen LogP contribution in [0.15, 0.2) is 0 Å². The van der Waals surface area contributed by atoms with E-state index in [1.807, 2.05) is 0 Å². The van der Waals surface area contributed by atoms with Crippen molar-refractivity contribution >= 4 is 15.3 Å². The van der Waals surface area contributed by atoms with Crippen molar-refractivity contribution in [3.8, 4) is 0 Å². The lowest BCUT2D eigenvalue weighted by molar-refractivity contribution is 0.443. The number of nitrogens with two attached hydrogens (primary N) is 3. The molecule has 0 heterocycles. The summed E-state index contributed by atoms with van der Waals surface area (Å²) in [5, 5.41) is 2.35. The summed E-state index contributed by atoms with van der Waals surface area (Å²) in [7, 11) is -7.43. The van der Waals surface area contributed by atoms with Gasteiger partial charge in [-0.15, -0.1) is 0 Å². The van der Waals surface area contributed by atoms with Crippen molar-refractivity contribution in [2.45, 2.75) is 19.9 Å². The molecule has 0 aliphatic rings. The number of rotatable bonds is 4. The first-order valence-corrected chi connectivity index (χ1v) is 6.63. The first-order valence-electron chi connectivity index (χ1n) is 3.17. The molecule has 0 spiro atoms. The minimum absolute atomic E-state index is 0.174. The van der Waals surface area contributed by atoms with Crippen molar-refractivity contribution in [1.29, 1.82) is 0 Å². The van der Waals surface area contributed by atoms with Crippen molar-refractivity contribution in [2.75, 3.05) is 0 Å². The molecular formula is C3H14N4O3P2. The van der Waals surface area contributed by atoms with Gasteiger partial charge in [-0.3, -0.25) is 9.13 Å². The Hall–Kier alpha value is 0.260. The monoisotopic (exact) mass is 216 g/mol. The molecule has 0 aliphatic carbocycles. The summed E-state index contributed by atoms with van der Waals surface area (Å²) >= 11 is 0. The molecule has 0 radical (unpaired) electrons. The van der Waals surface area contributed by atoms with E-state index in [4.69, 9.17) is 16.5 Å². The topological polar surface area (TPSA) is 133 Å². The van der Waals surface area contributed by atoms with Gasteiger partial charge >= 0.3 is 15.3 Å². The molecule has 0 bridgehead atoms. The molecule has 9 heteroatoms. The maximum atomic E-state index is 11.2. The summed E-state index contributed by atoms with van der Waals surface area (Å²) in [5.74, 6) is 0. The van der Waals surface area contributed by atoms with Crippen LogP contribution >= 0.6 is 15.3 Å². The molecule has 12 heavy (non-hydrogen) atoms. The van der Waals surface area contributed by atoms with E-state index in [0.717, 1.165) is 0 Å². The molecule has 0 rings (SSSR count). The SMILES string of the molecule is CC(C)NP(N)(=O)OP(N)(N)=O. The highest BCUT2D eigenvalue weighted by Crippen LogP contribution is 2.47. The van der Waals surface area contributed by atoms with Gasteiger partial charge in [-0.1, -0.05) is 0 Å². The van der Waals surface area contributed by atoms with E-state index in [1.165, 1.54) is 0 Å². The molecule has 0 saturated carbocycles. The third-order valence-corrected chi connectivity index (χ3v) is 3.55. The molecule has 0 saturated heterocycles. The van der Waals surface area contributed by atoms with Crippen molar-refractivity contribution in [3.63, 3.8) is 0 Å². The van der Waals surface area contributed by atoms with Crippen LogP contribution in [-0.4, -0.2) is 6.04 Å². The maximum Gasteiger partial charge on any atom is 0.345 e. The van der Waals surface area contributed by atoms with Gasteiger partial charge in [0.1, 0.15) is 0 Å². The van der Waals surface area contributed by atoms with Crippen LogP contribution in [0, 0.1) is 0 Å². The van der Waals surface area contributed by atoms with Crippen molar-refractivity contribution in [2.24, 2.45) is 16.5 Å². The van der Waals surface area contributed by atoms with Gasteiger partial charge in [0.25, 0.3) is 0 Å². The fraction of sp³-hybridized carbons (Fsp3) is 1.00. The van der Waals surface area contributed by atoms with Crippen LogP contribution in [0.3, 0.4) is 0 Å². The van der Waals surface area contributed by atoms with Crippen LogP contribution in [0.25, 0.3) is 0 Å². The Morgan fingerprint density at radius 1 is 1.25 bits per heavy atom. The van der Waals surface area contributed by atoms with Gasteiger partial charge in [0.15, 0.2) is 0 Å².